The molecule has 3 heteroatoms. The fourth-order valence-corrected chi connectivity index (χ4v) is 1.04. The third-order valence-electron chi connectivity index (χ3n) is 1.67. The van der Waals surface area contributed by atoms with Crippen LogP contribution in [0.5, 0.6) is 0 Å². The molecule has 1 rings (SSSR count). The number of allylic oxidation sites excluding steroid dienone is 1. The molecule has 0 unspecified atom stereocenters. The van der Waals surface area contributed by atoms with Gasteiger partial charge in [-0.05, 0) is 24.3 Å². The van der Waals surface area contributed by atoms with Gasteiger partial charge in [0, 0.05) is 0 Å². The summed E-state index contributed by atoms with van der Waals surface area (Å²) >= 11 is 0. The molecular formula is C10H12N2O. The molecule has 0 spiro atoms. The predicted octanol–water partition coefficient (Wildman–Crippen LogP) is 0.650. The van der Waals surface area contributed by atoms with Gasteiger partial charge < -0.3 is 0 Å². The zero-order valence-corrected chi connectivity index (χ0v) is 7.49. The molecule has 3 nitrogen and oxygen atoms in total. The van der Waals surface area contributed by atoms with Gasteiger partial charge in [0.25, 0.3) is 0 Å². The van der Waals surface area contributed by atoms with Gasteiger partial charge in [0.15, 0.2) is 0 Å². The van der Waals surface area contributed by atoms with Gasteiger partial charge in [0.1, 0.15) is 0 Å². The van der Waals surface area contributed by atoms with Gasteiger partial charge >= 0.3 is 0 Å². The van der Waals surface area contributed by atoms with Crippen molar-refractivity contribution in [1.29, 1.82) is 0 Å². The van der Waals surface area contributed by atoms with E-state index in [1.54, 1.807) is 12.3 Å². The SMILES string of the molecule is C=C/C=c1/ncc(NO)c/c1=C/C. The molecular weight excluding hydrogens is 164 g/mol. The van der Waals surface area contributed by atoms with Crippen LogP contribution in [0.15, 0.2) is 24.9 Å². The summed E-state index contributed by atoms with van der Waals surface area (Å²) in [7, 11) is 0. The summed E-state index contributed by atoms with van der Waals surface area (Å²) in [5.41, 5.74) is 2.63. The number of aromatic nitrogens is 1. The molecule has 0 bridgehead atoms. The van der Waals surface area contributed by atoms with Gasteiger partial charge in [-0.1, -0.05) is 18.7 Å². The van der Waals surface area contributed by atoms with Crippen LogP contribution in [0.2, 0.25) is 0 Å². The Bertz CT molecular complexity index is 409. The highest BCUT2D eigenvalue weighted by atomic mass is 16.5. The van der Waals surface area contributed by atoms with Crippen molar-refractivity contribution in [3.8, 4) is 0 Å². The smallest absolute Gasteiger partial charge is 0.0791 e. The van der Waals surface area contributed by atoms with E-state index in [4.69, 9.17) is 5.21 Å². The Balaban J connectivity index is 3.42. The summed E-state index contributed by atoms with van der Waals surface area (Å²) in [6.07, 6.45) is 6.98. The van der Waals surface area contributed by atoms with Crippen molar-refractivity contribution in [1.82, 2.24) is 4.98 Å². The van der Waals surface area contributed by atoms with E-state index in [2.05, 4.69) is 11.6 Å². The van der Waals surface area contributed by atoms with Crippen LogP contribution >= 0.6 is 0 Å². The Morgan fingerprint density at radius 1 is 1.62 bits per heavy atom. The molecule has 68 valence electrons. The van der Waals surface area contributed by atoms with E-state index in [0.717, 1.165) is 10.6 Å². The summed E-state index contributed by atoms with van der Waals surface area (Å²) < 4.78 is 0. The molecule has 0 radical (unpaired) electrons. The van der Waals surface area contributed by atoms with Gasteiger partial charge in [0.05, 0.1) is 17.2 Å². The average molecular weight is 176 g/mol. The van der Waals surface area contributed by atoms with Crippen molar-refractivity contribution in [3.63, 3.8) is 0 Å². The highest BCUT2D eigenvalue weighted by molar-refractivity contribution is 5.43. The number of anilines is 1. The Morgan fingerprint density at radius 2 is 2.38 bits per heavy atom. The molecule has 0 aromatic carbocycles. The minimum absolute atomic E-state index is 0.578. The van der Waals surface area contributed by atoms with Gasteiger partial charge in [0.2, 0.25) is 0 Å². The predicted molar refractivity (Wildman–Crippen MR) is 53.7 cm³/mol. The van der Waals surface area contributed by atoms with E-state index in [9.17, 15) is 0 Å². The molecule has 0 saturated carbocycles. The number of hydrogen-bond acceptors (Lipinski definition) is 3. The molecule has 1 aromatic heterocycles. The minimum atomic E-state index is 0.578. The molecule has 0 aliphatic rings. The number of rotatable bonds is 2. The van der Waals surface area contributed by atoms with Crippen molar-refractivity contribution in [3.05, 3.63) is 35.5 Å². The summed E-state index contributed by atoms with van der Waals surface area (Å²) in [5, 5.41) is 10.4. The topological polar surface area (TPSA) is 45.2 Å². The number of nitrogens with one attached hydrogen (secondary N) is 1. The maximum absolute atomic E-state index is 8.64. The molecule has 13 heavy (non-hydrogen) atoms. The minimum Gasteiger partial charge on any atom is -0.291 e. The van der Waals surface area contributed by atoms with Crippen LogP contribution in [0, 0.1) is 0 Å². The van der Waals surface area contributed by atoms with Gasteiger partial charge in [-0.2, -0.15) is 0 Å². The third-order valence-corrected chi connectivity index (χ3v) is 1.67. The van der Waals surface area contributed by atoms with Crippen molar-refractivity contribution in [2.24, 2.45) is 0 Å². The van der Waals surface area contributed by atoms with Gasteiger partial charge in [-0.3, -0.25) is 15.7 Å². The summed E-state index contributed by atoms with van der Waals surface area (Å²) in [4.78, 5) is 4.13. The molecule has 1 aromatic rings. The molecule has 0 saturated heterocycles. The van der Waals surface area contributed by atoms with Crippen LogP contribution in [0.4, 0.5) is 5.69 Å². The van der Waals surface area contributed by atoms with Gasteiger partial charge in [-0.15, -0.1) is 0 Å². The first-order valence-corrected chi connectivity index (χ1v) is 3.97. The quantitative estimate of drug-likeness (QED) is 0.650. The van der Waals surface area contributed by atoms with E-state index in [1.165, 1.54) is 0 Å². The standard InChI is InChI=1S/C10H12N2O/c1-3-5-10-8(4-2)6-9(12-13)7-11-10/h3-7,12-13H,1H2,2H3/b8-4-,10-5+. The second-order valence-corrected chi connectivity index (χ2v) is 2.50. The lowest BCUT2D eigenvalue weighted by atomic mass is 10.3. The molecule has 1 heterocycles. The molecule has 0 atom stereocenters. The Kier molecular flexibility index (Phi) is 3.23. The molecule has 2 N–H and O–H groups in total. The Morgan fingerprint density at radius 3 is 2.92 bits per heavy atom. The largest absolute Gasteiger partial charge is 0.291 e. The van der Waals surface area contributed by atoms with Crippen molar-refractivity contribution in [2.45, 2.75) is 6.92 Å². The van der Waals surface area contributed by atoms with Crippen molar-refractivity contribution in [2.75, 3.05) is 5.48 Å². The monoisotopic (exact) mass is 176 g/mol. The van der Waals surface area contributed by atoms with E-state index in [1.807, 2.05) is 30.6 Å². The van der Waals surface area contributed by atoms with Crippen LogP contribution in [0.1, 0.15) is 6.92 Å². The molecule has 0 aliphatic carbocycles. The van der Waals surface area contributed by atoms with E-state index >= 15 is 0 Å². The Labute approximate surface area is 76.7 Å². The van der Waals surface area contributed by atoms with Crippen LogP contribution in [0.25, 0.3) is 12.2 Å². The highest BCUT2D eigenvalue weighted by Crippen LogP contribution is 1.94. The first kappa shape index (κ1) is 9.48. The highest BCUT2D eigenvalue weighted by Gasteiger charge is 1.89. The van der Waals surface area contributed by atoms with Crippen molar-refractivity contribution < 1.29 is 5.21 Å². The summed E-state index contributed by atoms with van der Waals surface area (Å²) in [5.74, 6) is 0. The van der Waals surface area contributed by atoms with E-state index < -0.39 is 0 Å². The fraction of sp³-hybridized carbons (Fsp3) is 0.100. The van der Waals surface area contributed by atoms with Crippen LogP contribution in [-0.2, 0) is 0 Å². The van der Waals surface area contributed by atoms with Crippen molar-refractivity contribution >= 4 is 17.8 Å². The number of nitrogens with zero attached hydrogens (tertiary/aromatic N) is 1. The van der Waals surface area contributed by atoms with E-state index in [0.29, 0.717) is 5.69 Å². The number of hydrogen-bond donors (Lipinski definition) is 2. The maximum Gasteiger partial charge on any atom is 0.0791 e. The zero-order valence-electron chi connectivity index (χ0n) is 7.49. The van der Waals surface area contributed by atoms with Crippen LogP contribution in [-0.4, -0.2) is 10.2 Å². The van der Waals surface area contributed by atoms with E-state index in [-0.39, 0.29) is 0 Å². The normalized spacial score (nSPS) is 13.1. The first-order chi connectivity index (χ1) is 6.31. The second-order valence-electron chi connectivity index (χ2n) is 2.50. The molecule has 0 amide bonds. The lowest BCUT2D eigenvalue weighted by Gasteiger charge is -1.96. The van der Waals surface area contributed by atoms with Gasteiger partial charge in [-0.25, -0.2) is 0 Å². The first-order valence-electron chi connectivity index (χ1n) is 3.97. The average Bonchev–Trinajstić information content (AvgIpc) is 2.19. The number of pyridine rings is 1. The third kappa shape index (κ3) is 2.16. The lowest BCUT2D eigenvalue weighted by Crippen LogP contribution is -2.27. The van der Waals surface area contributed by atoms with Crippen LogP contribution in [0.3, 0.4) is 0 Å². The molecule has 0 aliphatic heterocycles. The zero-order chi connectivity index (χ0) is 9.68. The lowest BCUT2D eigenvalue weighted by molar-refractivity contribution is 0.388. The Hall–Kier alpha value is -1.61. The summed E-state index contributed by atoms with van der Waals surface area (Å²) in [6.45, 7) is 5.51. The molecule has 0 fully saturated rings. The fourth-order valence-electron chi connectivity index (χ4n) is 1.04. The summed E-state index contributed by atoms with van der Waals surface area (Å²) in [6, 6.07) is 1.81. The van der Waals surface area contributed by atoms with Crippen LogP contribution < -0.4 is 16.0 Å². The maximum atomic E-state index is 8.64. The second kappa shape index (κ2) is 4.42.